The van der Waals surface area contributed by atoms with Crippen LogP contribution in [0.15, 0.2) is 36.7 Å². The second-order valence-corrected chi connectivity index (χ2v) is 7.43. The van der Waals surface area contributed by atoms with Crippen molar-refractivity contribution in [3.05, 3.63) is 41.9 Å². The maximum Gasteiger partial charge on any atom is 0.226 e. The van der Waals surface area contributed by atoms with Gasteiger partial charge in [-0.1, -0.05) is 18.2 Å². The van der Waals surface area contributed by atoms with Crippen LogP contribution in [0.5, 0.6) is 5.75 Å². The SMILES string of the molecule is CN(CCOc1ccccc1)Nc1nc(Cl)nc2c1ncn2[C@@H]1O[C@H](CO)C(O)C1O. The van der Waals surface area contributed by atoms with E-state index in [-0.39, 0.29) is 5.28 Å². The van der Waals surface area contributed by atoms with E-state index in [0.29, 0.717) is 30.1 Å². The van der Waals surface area contributed by atoms with Gasteiger partial charge in [0.15, 0.2) is 23.2 Å². The van der Waals surface area contributed by atoms with Gasteiger partial charge in [-0.05, 0) is 23.7 Å². The van der Waals surface area contributed by atoms with Gasteiger partial charge in [0.1, 0.15) is 30.7 Å². The normalized spacial score (nSPS) is 23.5. The molecule has 2 unspecified atom stereocenters. The molecule has 4 atom stereocenters. The molecule has 0 spiro atoms. The van der Waals surface area contributed by atoms with Crippen molar-refractivity contribution >= 4 is 28.6 Å². The number of imidazole rings is 1. The van der Waals surface area contributed by atoms with Crippen molar-refractivity contribution in [2.45, 2.75) is 24.5 Å². The second-order valence-electron chi connectivity index (χ2n) is 7.09. The largest absolute Gasteiger partial charge is 0.492 e. The van der Waals surface area contributed by atoms with Crippen molar-refractivity contribution < 1.29 is 24.8 Å². The number of hydrogen-bond donors (Lipinski definition) is 4. The van der Waals surface area contributed by atoms with E-state index < -0.39 is 31.1 Å². The minimum atomic E-state index is -1.27. The van der Waals surface area contributed by atoms with Crippen LogP contribution in [0.2, 0.25) is 5.28 Å². The van der Waals surface area contributed by atoms with E-state index in [2.05, 4.69) is 20.4 Å². The third-order valence-corrected chi connectivity index (χ3v) is 5.09. The van der Waals surface area contributed by atoms with Crippen LogP contribution in [0.1, 0.15) is 6.23 Å². The van der Waals surface area contributed by atoms with Gasteiger partial charge in [0, 0.05) is 7.05 Å². The fraction of sp³-hybridized carbons (Fsp3) is 0.421. The second kappa shape index (κ2) is 9.30. The van der Waals surface area contributed by atoms with Crippen molar-refractivity contribution in [2.75, 3.05) is 32.2 Å². The molecule has 0 saturated carbocycles. The molecule has 4 rings (SSSR count). The molecule has 1 saturated heterocycles. The lowest BCUT2D eigenvalue weighted by Crippen LogP contribution is -2.33. The van der Waals surface area contributed by atoms with Crippen molar-refractivity contribution in [3.8, 4) is 5.75 Å². The minimum absolute atomic E-state index is 0.0302. The lowest BCUT2D eigenvalue weighted by molar-refractivity contribution is -0.0511. The van der Waals surface area contributed by atoms with Crippen LogP contribution in [0.4, 0.5) is 5.82 Å². The number of anilines is 1. The number of fused-ring (bicyclic) bond motifs is 1. The van der Waals surface area contributed by atoms with E-state index in [4.69, 9.17) is 21.1 Å². The summed E-state index contributed by atoms with van der Waals surface area (Å²) in [5, 5.41) is 31.4. The first-order valence-electron chi connectivity index (χ1n) is 9.66. The van der Waals surface area contributed by atoms with Crippen LogP contribution in [-0.4, -0.2) is 85.0 Å². The molecular weight excluding hydrogens is 428 g/mol. The number of para-hydroxylation sites is 1. The van der Waals surface area contributed by atoms with Gasteiger partial charge >= 0.3 is 0 Å². The standard InChI is InChI=1S/C19H23ClN6O5/c1-25(7-8-30-11-5-3-2-4-6-11)24-16-13-17(23-19(20)22-16)26(10-21-13)18-15(29)14(28)12(9-27)31-18/h2-6,10,12,14-15,18,27-29H,7-9H2,1H3,(H,22,23,24)/t12-,14?,15?,18-/m1/s1. The summed E-state index contributed by atoms with van der Waals surface area (Å²) in [6.07, 6.45) is -2.98. The number of nitrogens with zero attached hydrogens (tertiary/aromatic N) is 5. The maximum absolute atomic E-state index is 10.3. The van der Waals surface area contributed by atoms with Crippen LogP contribution in [0, 0.1) is 0 Å². The topological polar surface area (TPSA) is 138 Å². The highest BCUT2D eigenvalue weighted by Gasteiger charge is 2.44. The van der Waals surface area contributed by atoms with Crippen LogP contribution in [-0.2, 0) is 4.74 Å². The molecule has 1 fully saturated rings. The van der Waals surface area contributed by atoms with Gasteiger partial charge in [-0.2, -0.15) is 9.97 Å². The fourth-order valence-electron chi connectivity index (χ4n) is 3.32. The highest BCUT2D eigenvalue weighted by atomic mass is 35.5. The summed E-state index contributed by atoms with van der Waals surface area (Å²) >= 11 is 6.11. The van der Waals surface area contributed by atoms with Gasteiger partial charge < -0.3 is 30.2 Å². The number of hydrogen-bond acceptors (Lipinski definition) is 10. The Balaban J connectivity index is 1.49. The van der Waals surface area contributed by atoms with Gasteiger partial charge in [0.05, 0.1) is 19.5 Å². The molecule has 3 heterocycles. The first-order valence-corrected chi connectivity index (χ1v) is 10.0. The Morgan fingerprint density at radius 3 is 2.71 bits per heavy atom. The smallest absolute Gasteiger partial charge is 0.226 e. The number of rotatable bonds is 8. The Hall–Kier alpha value is -2.54. The lowest BCUT2D eigenvalue weighted by atomic mass is 10.1. The van der Waals surface area contributed by atoms with E-state index in [1.165, 1.54) is 10.9 Å². The van der Waals surface area contributed by atoms with Gasteiger partial charge in [-0.3, -0.25) is 4.57 Å². The van der Waals surface area contributed by atoms with Crippen LogP contribution in [0.3, 0.4) is 0 Å². The van der Waals surface area contributed by atoms with Gasteiger partial charge in [0.25, 0.3) is 0 Å². The quantitative estimate of drug-likeness (QED) is 0.282. The van der Waals surface area contributed by atoms with Crippen LogP contribution >= 0.6 is 11.6 Å². The Kier molecular flexibility index (Phi) is 6.51. The summed E-state index contributed by atoms with van der Waals surface area (Å²) in [5.41, 5.74) is 3.82. The Morgan fingerprint density at radius 2 is 2.00 bits per heavy atom. The maximum atomic E-state index is 10.3. The molecule has 1 aromatic carbocycles. The van der Waals surface area contributed by atoms with E-state index >= 15 is 0 Å². The minimum Gasteiger partial charge on any atom is -0.492 e. The predicted octanol–water partition coefficient (Wildman–Crippen LogP) is 0.429. The number of likely N-dealkylation sites (N-methyl/N-ethyl adjacent to an activating group) is 1. The fourth-order valence-corrected chi connectivity index (χ4v) is 3.48. The molecule has 1 aliphatic heterocycles. The van der Waals surface area contributed by atoms with E-state index in [9.17, 15) is 15.3 Å². The number of aliphatic hydroxyl groups is 3. The molecule has 0 bridgehead atoms. The zero-order valence-corrected chi connectivity index (χ0v) is 17.4. The third-order valence-electron chi connectivity index (χ3n) is 4.92. The zero-order valence-electron chi connectivity index (χ0n) is 16.7. The average Bonchev–Trinajstić information content (AvgIpc) is 3.30. The molecular formula is C19H23ClN6O5. The summed E-state index contributed by atoms with van der Waals surface area (Å²) in [5.74, 6) is 1.14. The van der Waals surface area contributed by atoms with Crippen LogP contribution < -0.4 is 10.2 Å². The molecule has 0 aliphatic carbocycles. The molecule has 0 radical (unpaired) electrons. The summed E-state index contributed by atoms with van der Waals surface area (Å²) in [6, 6.07) is 9.49. The zero-order chi connectivity index (χ0) is 22.0. The molecule has 3 aromatic rings. The molecule has 0 amide bonds. The Morgan fingerprint density at radius 1 is 1.23 bits per heavy atom. The Labute approximate surface area is 182 Å². The molecule has 1 aliphatic rings. The van der Waals surface area contributed by atoms with Gasteiger partial charge in [-0.15, -0.1) is 0 Å². The number of benzene rings is 1. The predicted molar refractivity (Wildman–Crippen MR) is 112 cm³/mol. The lowest BCUT2D eigenvalue weighted by Gasteiger charge is -2.19. The van der Waals surface area contributed by atoms with Crippen molar-refractivity contribution in [1.82, 2.24) is 24.5 Å². The molecule has 4 N–H and O–H groups in total. The number of ether oxygens (including phenoxy) is 2. The molecule has 2 aromatic heterocycles. The summed E-state index contributed by atoms with van der Waals surface area (Å²) in [7, 11) is 1.82. The van der Waals surface area contributed by atoms with Crippen molar-refractivity contribution in [2.24, 2.45) is 0 Å². The molecule has 31 heavy (non-hydrogen) atoms. The first-order chi connectivity index (χ1) is 15.0. The number of nitrogens with one attached hydrogen (secondary N) is 1. The van der Waals surface area contributed by atoms with E-state index in [1.54, 1.807) is 5.01 Å². The van der Waals surface area contributed by atoms with Crippen molar-refractivity contribution in [3.63, 3.8) is 0 Å². The van der Waals surface area contributed by atoms with E-state index in [1.807, 2.05) is 37.4 Å². The summed E-state index contributed by atoms with van der Waals surface area (Å²) < 4.78 is 12.7. The van der Waals surface area contributed by atoms with E-state index in [0.717, 1.165) is 5.75 Å². The highest BCUT2D eigenvalue weighted by molar-refractivity contribution is 6.28. The number of aromatic nitrogens is 4. The summed E-state index contributed by atoms with van der Waals surface area (Å²) in [6.45, 7) is 0.541. The van der Waals surface area contributed by atoms with Crippen molar-refractivity contribution in [1.29, 1.82) is 0 Å². The van der Waals surface area contributed by atoms with Gasteiger partial charge in [0.2, 0.25) is 5.28 Å². The number of aliphatic hydroxyl groups excluding tert-OH is 3. The molecule has 166 valence electrons. The number of halogens is 1. The third kappa shape index (κ3) is 4.56. The first kappa shape index (κ1) is 21.7. The molecule has 12 heteroatoms. The highest BCUT2D eigenvalue weighted by Crippen LogP contribution is 2.32. The number of hydrazine groups is 1. The summed E-state index contributed by atoms with van der Waals surface area (Å²) in [4.78, 5) is 12.7. The molecule has 11 nitrogen and oxygen atoms in total. The van der Waals surface area contributed by atoms with Gasteiger partial charge in [-0.25, -0.2) is 9.99 Å². The van der Waals surface area contributed by atoms with Crippen LogP contribution in [0.25, 0.3) is 11.2 Å². The monoisotopic (exact) mass is 450 g/mol. The Bertz CT molecular complexity index is 1020. The average molecular weight is 451 g/mol.